The molecule has 1 aliphatic rings. The van der Waals surface area contributed by atoms with Gasteiger partial charge in [-0.25, -0.2) is 9.78 Å². The van der Waals surface area contributed by atoms with Gasteiger partial charge < -0.3 is 15.1 Å². The Balaban J connectivity index is 0.000000631. The Kier molecular flexibility index (Phi) is 9.17. The van der Waals surface area contributed by atoms with Crippen molar-refractivity contribution in [2.24, 2.45) is 0 Å². The van der Waals surface area contributed by atoms with Crippen LogP contribution in [0.25, 0.3) is 0 Å². The van der Waals surface area contributed by atoms with Crippen LogP contribution in [0.1, 0.15) is 26.7 Å². The van der Waals surface area contributed by atoms with Gasteiger partial charge in [0.2, 0.25) is 0 Å². The van der Waals surface area contributed by atoms with Gasteiger partial charge >= 0.3 is 0 Å². The first kappa shape index (κ1) is 16.8. The fourth-order valence-electron chi connectivity index (χ4n) is 1.37. The molecule has 0 aromatic rings. The molecule has 18 heavy (non-hydrogen) atoms. The molecule has 7 heteroatoms. The molecule has 1 fully saturated rings. The Bertz CT molecular complexity index is 254. The van der Waals surface area contributed by atoms with Crippen LogP contribution in [-0.2, 0) is 19.4 Å². The van der Waals surface area contributed by atoms with Gasteiger partial charge in [-0.15, -0.1) is 0 Å². The molecule has 2 N–H and O–H groups in total. The van der Waals surface area contributed by atoms with E-state index in [2.05, 4.69) is 0 Å². The summed E-state index contributed by atoms with van der Waals surface area (Å²) in [6.07, 6.45) is 0.762. The summed E-state index contributed by atoms with van der Waals surface area (Å²) in [5.41, 5.74) is 0. The molecule has 1 heterocycles. The van der Waals surface area contributed by atoms with Crippen LogP contribution >= 0.6 is 0 Å². The minimum Gasteiger partial charge on any atom is -0.481 e. The topological polar surface area (TPSA) is 96.3 Å². The van der Waals surface area contributed by atoms with E-state index in [0.717, 1.165) is 20.0 Å². The molecule has 1 atom stereocenters. The number of hydrogen-bond acceptors (Lipinski definition) is 5. The average Bonchev–Trinajstić information content (AvgIpc) is 2.65. The van der Waals surface area contributed by atoms with Crippen LogP contribution in [0.5, 0.6) is 0 Å². The third-order valence-electron chi connectivity index (χ3n) is 2.20. The molecule has 7 nitrogen and oxygen atoms in total. The zero-order valence-corrected chi connectivity index (χ0v) is 10.8. The highest BCUT2D eigenvalue weighted by Gasteiger charge is 2.32. The second-order valence-corrected chi connectivity index (χ2v) is 3.71. The first-order valence-corrected chi connectivity index (χ1v) is 5.90. The SMILES string of the molecule is CC(=O)O.CCN1CCC(OOCCCO)C1=O. The minimum atomic E-state index is -0.833. The third kappa shape index (κ3) is 7.21. The number of nitrogens with zero attached hydrogens (tertiary/aromatic N) is 1. The van der Waals surface area contributed by atoms with Gasteiger partial charge in [-0.2, -0.15) is 0 Å². The maximum Gasteiger partial charge on any atom is 0.300 e. The van der Waals surface area contributed by atoms with Crippen molar-refractivity contribution in [1.82, 2.24) is 4.90 Å². The quantitative estimate of drug-likeness (QED) is 0.398. The van der Waals surface area contributed by atoms with Crippen molar-refractivity contribution in [3.63, 3.8) is 0 Å². The predicted octanol–water partition coefficient (Wildman–Crippen LogP) is 0.0287. The van der Waals surface area contributed by atoms with Crippen molar-refractivity contribution in [2.45, 2.75) is 32.8 Å². The van der Waals surface area contributed by atoms with Crippen LogP contribution in [0.15, 0.2) is 0 Å². The van der Waals surface area contributed by atoms with E-state index in [0.29, 0.717) is 19.4 Å². The lowest BCUT2D eigenvalue weighted by Gasteiger charge is -2.13. The van der Waals surface area contributed by atoms with Crippen LogP contribution in [0.2, 0.25) is 0 Å². The zero-order valence-electron chi connectivity index (χ0n) is 10.8. The van der Waals surface area contributed by atoms with Gasteiger partial charge in [0.05, 0.1) is 6.61 Å². The van der Waals surface area contributed by atoms with E-state index in [9.17, 15) is 4.79 Å². The molecule has 0 aromatic heterocycles. The molecule has 1 saturated heterocycles. The Morgan fingerprint density at radius 1 is 1.56 bits per heavy atom. The van der Waals surface area contributed by atoms with Gasteiger partial charge in [-0.3, -0.25) is 9.59 Å². The standard InChI is InChI=1S/C9H17NO4.C2H4O2/c1-2-10-5-4-8(9(10)12)14-13-7-3-6-11;1-2(3)4/h8,11H,2-7H2,1H3;1H3,(H,3,4). The Morgan fingerprint density at radius 3 is 2.61 bits per heavy atom. The summed E-state index contributed by atoms with van der Waals surface area (Å²) in [6.45, 7) is 4.88. The number of carbonyl (C=O) groups excluding carboxylic acids is 1. The van der Waals surface area contributed by atoms with Crippen molar-refractivity contribution in [2.75, 3.05) is 26.3 Å². The Hall–Kier alpha value is -1.18. The third-order valence-corrected chi connectivity index (χ3v) is 2.20. The van der Waals surface area contributed by atoms with Gasteiger partial charge in [0.15, 0.2) is 6.10 Å². The summed E-state index contributed by atoms with van der Waals surface area (Å²) in [5, 5.41) is 15.9. The average molecular weight is 263 g/mol. The van der Waals surface area contributed by atoms with E-state index >= 15 is 0 Å². The second-order valence-electron chi connectivity index (χ2n) is 3.71. The fraction of sp³-hybridized carbons (Fsp3) is 0.818. The molecule has 1 aliphatic heterocycles. The first-order chi connectivity index (χ1) is 8.52. The van der Waals surface area contributed by atoms with Crippen molar-refractivity contribution < 1.29 is 29.6 Å². The lowest BCUT2D eigenvalue weighted by molar-refractivity contribution is -0.315. The highest BCUT2D eigenvalue weighted by Crippen LogP contribution is 2.14. The highest BCUT2D eigenvalue weighted by molar-refractivity contribution is 5.82. The number of rotatable bonds is 6. The molecule has 1 unspecified atom stereocenters. The van der Waals surface area contributed by atoms with E-state index in [-0.39, 0.29) is 12.5 Å². The van der Waals surface area contributed by atoms with Crippen LogP contribution in [0.3, 0.4) is 0 Å². The van der Waals surface area contributed by atoms with Gasteiger partial charge in [-0.1, -0.05) is 0 Å². The number of amides is 1. The van der Waals surface area contributed by atoms with E-state index < -0.39 is 12.1 Å². The smallest absolute Gasteiger partial charge is 0.300 e. The number of likely N-dealkylation sites (N-methyl/N-ethyl adjacent to an activating group) is 1. The van der Waals surface area contributed by atoms with Gasteiger partial charge in [0.25, 0.3) is 11.9 Å². The van der Waals surface area contributed by atoms with Gasteiger partial charge in [-0.05, 0) is 13.3 Å². The molecule has 0 bridgehead atoms. The molecule has 1 rings (SSSR count). The first-order valence-electron chi connectivity index (χ1n) is 5.90. The summed E-state index contributed by atoms with van der Waals surface area (Å²) in [5.74, 6) is -0.837. The van der Waals surface area contributed by atoms with E-state index in [1.165, 1.54) is 0 Å². The zero-order chi connectivity index (χ0) is 14.0. The molecule has 0 spiro atoms. The van der Waals surface area contributed by atoms with E-state index in [4.69, 9.17) is 24.8 Å². The van der Waals surface area contributed by atoms with Crippen LogP contribution in [-0.4, -0.2) is 59.4 Å². The van der Waals surface area contributed by atoms with Gasteiger partial charge in [0.1, 0.15) is 0 Å². The summed E-state index contributed by atoms with van der Waals surface area (Å²) < 4.78 is 0. The number of likely N-dealkylation sites (tertiary alicyclic amines) is 1. The Labute approximate surface area is 106 Å². The number of carboxylic acids is 1. The molecule has 0 aliphatic carbocycles. The van der Waals surface area contributed by atoms with E-state index in [1.54, 1.807) is 4.90 Å². The molecule has 106 valence electrons. The number of carboxylic acid groups (broad SMARTS) is 1. The largest absolute Gasteiger partial charge is 0.481 e. The molecule has 0 saturated carbocycles. The molecule has 0 radical (unpaired) electrons. The van der Waals surface area contributed by atoms with Crippen molar-refractivity contribution in [3.05, 3.63) is 0 Å². The minimum absolute atomic E-state index is 0.00324. The fourth-order valence-corrected chi connectivity index (χ4v) is 1.37. The summed E-state index contributed by atoms with van der Waals surface area (Å²) >= 11 is 0. The number of hydrogen-bond donors (Lipinski definition) is 2. The van der Waals surface area contributed by atoms with Crippen LogP contribution < -0.4 is 0 Å². The monoisotopic (exact) mass is 263 g/mol. The summed E-state index contributed by atoms with van der Waals surface area (Å²) in [4.78, 5) is 32.0. The van der Waals surface area contributed by atoms with Crippen LogP contribution in [0.4, 0.5) is 0 Å². The number of aliphatic hydroxyl groups excluding tert-OH is 1. The maximum absolute atomic E-state index is 11.5. The van der Waals surface area contributed by atoms with E-state index in [1.807, 2.05) is 6.92 Å². The summed E-state index contributed by atoms with van der Waals surface area (Å²) in [6, 6.07) is 0. The summed E-state index contributed by atoms with van der Waals surface area (Å²) in [7, 11) is 0. The van der Waals surface area contributed by atoms with Crippen molar-refractivity contribution in [1.29, 1.82) is 0 Å². The number of aliphatic carboxylic acids is 1. The maximum atomic E-state index is 11.5. The lowest BCUT2D eigenvalue weighted by Crippen LogP contribution is -2.30. The molecular weight excluding hydrogens is 242 g/mol. The number of aliphatic hydroxyl groups is 1. The van der Waals surface area contributed by atoms with Crippen LogP contribution in [0, 0.1) is 0 Å². The van der Waals surface area contributed by atoms with Gasteiger partial charge in [0, 0.05) is 33.0 Å². The second kappa shape index (κ2) is 9.81. The molecule has 0 aromatic carbocycles. The molecular formula is C11H21NO6. The van der Waals surface area contributed by atoms with Crippen molar-refractivity contribution >= 4 is 11.9 Å². The van der Waals surface area contributed by atoms with Crippen molar-refractivity contribution in [3.8, 4) is 0 Å². The number of carbonyl (C=O) groups is 2. The predicted molar refractivity (Wildman–Crippen MR) is 62.7 cm³/mol. The highest BCUT2D eigenvalue weighted by atomic mass is 17.2. The molecule has 1 amide bonds. The normalized spacial score (nSPS) is 18.5. The Morgan fingerprint density at radius 2 is 2.17 bits per heavy atom. The lowest BCUT2D eigenvalue weighted by atomic mass is 10.3.